The topological polar surface area (TPSA) is 75.7 Å². The lowest BCUT2D eigenvalue weighted by molar-refractivity contribution is -0.155. The number of nitrogens with one attached hydrogen (secondary N) is 1. The van der Waals surface area contributed by atoms with Crippen molar-refractivity contribution >= 4 is 17.8 Å². The summed E-state index contributed by atoms with van der Waals surface area (Å²) in [4.78, 5) is 41.2. The minimum atomic E-state index is -0.997. The molecule has 1 aliphatic carbocycles. The maximum Gasteiger partial charge on any atom is 0.318 e. The van der Waals surface area contributed by atoms with Crippen molar-refractivity contribution in [2.75, 3.05) is 20.2 Å². The van der Waals surface area contributed by atoms with Crippen LogP contribution in [0, 0.1) is 11.3 Å². The van der Waals surface area contributed by atoms with E-state index in [9.17, 15) is 14.4 Å². The van der Waals surface area contributed by atoms with Crippen molar-refractivity contribution in [3.8, 4) is 0 Å². The fourth-order valence-corrected chi connectivity index (χ4v) is 5.86. The lowest BCUT2D eigenvalue weighted by Crippen LogP contribution is -2.42. The summed E-state index contributed by atoms with van der Waals surface area (Å²) in [6.45, 7) is 1.21. The first kappa shape index (κ1) is 22.6. The van der Waals surface area contributed by atoms with Crippen LogP contribution in [0.1, 0.15) is 63.4 Å². The fourth-order valence-electron chi connectivity index (χ4n) is 5.86. The molecule has 0 bridgehead atoms. The molecule has 1 N–H and O–H groups in total. The first-order chi connectivity index (χ1) is 15.6. The number of methoxy groups -OCH3 is 1. The van der Waals surface area contributed by atoms with Gasteiger partial charge in [-0.05, 0) is 62.5 Å². The van der Waals surface area contributed by atoms with E-state index in [1.807, 2.05) is 18.2 Å². The van der Waals surface area contributed by atoms with Gasteiger partial charge >= 0.3 is 5.97 Å². The van der Waals surface area contributed by atoms with Crippen molar-refractivity contribution in [2.45, 2.75) is 64.2 Å². The van der Waals surface area contributed by atoms with Gasteiger partial charge in [-0.1, -0.05) is 36.8 Å². The first-order valence-electron chi connectivity index (χ1n) is 12.0. The Kier molecular flexibility index (Phi) is 6.97. The lowest BCUT2D eigenvalue weighted by atomic mass is 9.70. The third-order valence-corrected chi connectivity index (χ3v) is 7.34. The van der Waals surface area contributed by atoms with Gasteiger partial charge in [0.1, 0.15) is 5.41 Å². The zero-order valence-electron chi connectivity index (χ0n) is 19.0. The molecule has 0 aromatic heterocycles. The molecule has 4 rings (SSSR count). The van der Waals surface area contributed by atoms with E-state index in [2.05, 4.69) is 17.4 Å². The Hall–Kier alpha value is -2.63. The highest BCUT2D eigenvalue weighted by molar-refractivity contribution is 5.99. The van der Waals surface area contributed by atoms with Crippen LogP contribution in [0.3, 0.4) is 0 Å². The summed E-state index contributed by atoms with van der Waals surface area (Å²) in [5, 5.41) is 2.98. The van der Waals surface area contributed by atoms with Gasteiger partial charge in [-0.3, -0.25) is 14.4 Å². The van der Waals surface area contributed by atoms with Crippen LogP contribution in [0.2, 0.25) is 0 Å². The summed E-state index contributed by atoms with van der Waals surface area (Å²) in [6.07, 6.45) is 8.12. The highest BCUT2D eigenvalue weighted by Crippen LogP contribution is 2.56. The molecule has 2 atom stereocenters. The second-order valence-electron chi connectivity index (χ2n) is 9.26. The summed E-state index contributed by atoms with van der Waals surface area (Å²) in [5.41, 5.74) is 2.39. The average molecular weight is 439 g/mol. The van der Waals surface area contributed by atoms with E-state index in [1.54, 1.807) is 4.90 Å². The van der Waals surface area contributed by atoms with E-state index in [0.29, 0.717) is 19.5 Å². The molecule has 1 aromatic rings. The zero-order valence-corrected chi connectivity index (χ0v) is 19.0. The smallest absolute Gasteiger partial charge is 0.318 e. The zero-order chi connectivity index (χ0) is 22.6. The Labute approximate surface area is 190 Å². The number of allylic oxidation sites excluding steroid dienone is 1. The third-order valence-electron chi connectivity index (χ3n) is 7.34. The molecule has 1 saturated heterocycles. The number of benzene rings is 1. The number of aryl methyl sites for hydroxylation is 1. The molecule has 32 heavy (non-hydrogen) atoms. The van der Waals surface area contributed by atoms with Gasteiger partial charge in [0.15, 0.2) is 0 Å². The van der Waals surface area contributed by atoms with E-state index >= 15 is 0 Å². The van der Waals surface area contributed by atoms with Gasteiger partial charge in [0.2, 0.25) is 11.8 Å². The molecule has 2 aliphatic heterocycles. The molecule has 172 valence electrons. The van der Waals surface area contributed by atoms with Gasteiger partial charge in [0, 0.05) is 25.2 Å². The van der Waals surface area contributed by atoms with Crippen molar-refractivity contribution in [3.63, 3.8) is 0 Å². The van der Waals surface area contributed by atoms with E-state index in [1.165, 1.54) is 18.2 Å². The molecule has 6 heteroatoms. The summed E-state index contributed by atoms with van der Waals surface area (Å²) in [6, 6.07) is 10.3. The van der Waals surface area contributed by atoms with Crippen molar-refractivity contribution in [2.24, 2.45) is 11.3 Å². The minimum Gasteiger partial charge on any atom is -0.468 e. The number of nitrogens with zero attached hydrogens (tertiary/aromatic N) is 1. The summed E-state index contributed by atoms with van der Waals surface area (Å²) < 4.78 is 5.25. The Bertz CT molecular complexity index is 894. The molecule has 0 unspecified atom stereocenters. The number of carbonyl (C=O) groups is 3. The molecule has 2 heterocycles. The number of amides is 2. The number of esters is 1. The van der Waals surface area contributed by atoms with Crippen LogP contribution in [-0.4, -0.2) is 42.9 Å². The van der Waals surface area contributed by atoms with Crippen molar-refractivity contribution in [3.05, 3.63) is 47.2 Å². The fraction of sp³-hybridized carbons (Fsp3) is 0.577. The number of carbonyl (C=O) groups excluding carboxylic acids is 3. The predicted octanol–water partition coefficient (Wildman–Crippen LogP) is 3.76. The first-order valence-corrected chi connectivity index (χ1v) is 12.0. The minimum absolute atomic E-state index is 0.0416. The summed E-state index contributed by atoms with van der Waals surface area (Å²) in [7, 11) is 1.39. The van der Waals surface area contributed by atoms with E-state index < -0.39 is 11.3 Å². The number of hydrogen-bond acceptors (Lipinski definition) is 4. The molecule has 1 aromatic carbocycles. The predicted molar refractivity (Wildman–Crippen MR) is 121 cm³/mol. The molecule has 3 aliphatic rings. The Morgan fingerprint density at radius 2 is 1.91 bits per heavy atom. The summed E-state index contributed by atoms with van der Waals surface area (Å²) >= 11 is 0. The van der Waals surface area contributed by atoms with Crippen LogP contribution in [-0.2, 0) is 25.5 Å². The third kappa shape index (κ3) is 4.19. The van der Waals surface area contributed by atoms with Crippen molar-refractivity contribution in [1.29, 1.82) is 0 Å². The van der Waals surface area contributed by atoms with Gasteiger partial charge in [0.05, 0.1) is 13.0 Å². The van der Waals surface area contributed by atoms with Crippen molar-refractivity contribution in [1.82, 2.24) is 10.2 Å². The Morgan fingerprint density at radius 3 is 2.69 bits per heavy atom. The molecular weight excluding hydrogens is 404 g/mol. The average Bonchev–Trinajstić information content (AvgIpc) is 2.94. The highest BCUT2D eigenvalue weighted by Gasteiger charge is 2.62. The SMILES string of the molecule is COC(=O)[C@@]12CCCCC3=C1N(CCC3)C(=O)[C@H]2CC(=O)NCCCCc1ccccc1. The molecule has 1 fully saturated rings. The van der Waals surface area contributed by atoms with E-state index in [0.717, 1.165) is 57.1 Å². The number of ether oxygens (including phenoxy) is 1. The quantitative estimate of drug-likeness (QED) is 0.495. The van der Waals surface area contributed by atoms with Crippen molar-refractivity contribution < 1.29 is 19.1 Å². The molecule has 0 saturated carbocycles. The lowest BCUT2D eigenvalue weighted by Gasteiger charge is -2.34. The van der Waals surface area contributed by atoms with E-state index in [-0.39, 0.29) is 24.2 Å². The second-order valence-corrected chi connectivity index (χ2v) is 9.26. The maximum atomic E-state index is 13.4. The largest absolute Gasteiger partial charge is 0.468 e. The van der Waals surface area contributed by atoms with Gasteiger partial charge in [-0.25, -0.2) is 0 Å². The van der Waals surface area contributed by atoms with Crippen LogP contribution in [0.25, 0.3) is 0 Å². The monoisotopic (exact) mass is 438 g/mol. The Balaban J connectivity index is 1.42. The van der Waals surface area contributed by atoms with Crippen LogP contribution < -0.4 is 5.32 Å². The molecule has 0 radical (unpaired) electrons. The number of unbranched alkanes of at least 4 members (excludes halogenated alkanes) is 1. The van der Waals surface area contributed by atoms with Gasteiger partial charge in [-0.2, -0.15) is 0 Å². The molecule has 6 nitrogen and oxygen atoms in total. The van der Waals surface area contributed by atoms with Gasteiger partial charge in [0.25, 0.3) is 0 Å². The second kappa shape index (κ2) is 9.88. The van der Waals surface area contributed by atoms with Gasteiger partial charge < -0.3 is 15.0 Å². The number of rotatable bonds is 8. The van der Waals surface area contributed by atoms with Crippen LogP contribution in [0.15, 0.2) is 41.6 Å². The maximum absolute atomic E-state index is 13.4. The molecular formula is C26H34N2O4. The summed E-state index contributed by atoms with van der Waals surface area (Å²) in [5.74, 6) is -1.26. The van der Waals surface area contributed by atoms with Crippen LogP contribution >= 0.6 is 0 Å². The molecule has 2 amide bonds. The van der Waals surface area contributed by atoms with Crippen LogP contribution in [0.4, 0.5) is 0 Å². The van der Waals surface area contributed by atoms with Crippen LogP contribution in [0.5, 0.6) is 0 Å². The standard InChI is InChI=1S/C26H34N2O4/c1-32-25(31)26-15-7-5-13-20-14-9-17-28(23(20)26)24(30)21(26)18-22(29)27-16-8-6-12-19-10-3-2-4-11-19/h2-4,10-11,21H,5-9,12-18H2,1H3,(H,27,29)/t21-,26-/m1/s1. The van der Waals surface area contributed by atoms with E-state index in [4.69, 9.17) is 4.74 Å². The highest BCUT2D eigenvalue weighted by atomic mass is 16.5. The normalized spacial score (nSPS) is 24.7. The Morgan fingerprint density at radius 1 is 1.12 bits per heavy atom. The number of hydrogen-bond donors (Lipinski definition) is 1. The molecule has 0 spiro atoms. The van der Waals surface area contributed by atoms with Gasteiger partial charge in [-0.15, -0.1) is 0 Å².